The summed E-state index contributed by atoms with van der Waals surface area (Å²) in [5.41, 5.74) is -0.0238. The van der Waals surface area contributed by atoms with E-state index < -0.39 is 15.4 Å². The maximum absolute atomic E-state index is 12.2. The third-order valence-electron chi connectivity index (χ3n) is 3.77. The summed E-state index contributed by atoms with van der Waals surface area (Å²) in [4.78, 5) is 12.2. The van der Waals surface area contributed by atoms with Gasteiger partial charge in [0.1, 0.15) is 0 Å². The van der Waals surface area contributed by atoms with Crippen LogP contribution in [0.2, 0.25) is 5.02 Å². The van der Waals surface area contributed by atoms with Crippen LogP contribution in [0.15, 0.2) is 29.4 Å². The minimum Gasteiger partial charge on any atom is -0.349 e. The number of benzene rings is 1. The second-order valence-electron chi connectivity index (χ2n) is 6.09. The average Bonchev–Trinajstić information content (AvgIpc) is 3.09. The molecule has 1 aromatic carbocycles. The van der Waals surface area contributed by atoms with Gasteiger partial charge in [-0.1, -0.05) is 29.4 Å². The molecule has 11 heteroatoms. The first kappa shape index (κ1) is 18.2. The molecule has 0 spiro atoms. The van der Waals surface area contributed by atoms with Gasteiger partial charge in [0, 0.05) is 5.02 Å². The van der Waals surface area contributed by atoms with Gasteiger partial charge >= 0.3 is 0 Å². The molecule has 2 heterocycles. The molecule has 3 rings (SSSR count). The highest BCUT2D eigenvalue weighted by Crippen LogP contribution is 2.24. The Kier molecular flexibility index (Phi) is 5.03. The van der Waals surface area contributed by atoms with E-state index in [9.17, 15) is 13.2 Å². The average molecular weight is 402 g/mol. The van der Waals surface area contributed by atoms with Gasteiger partial charge in [-0.05, 0) is 42.0 Å². The Morgan fingerprint density at radius 3 is 2.96 bits per heavy atom. The number of tetrazole rings is 1. The van der Waals surface area contributed by atoms with Crippen LogP contribution in [0.4, 0.5) is 0 Å². The lowest BCUT2D eigenvalue weighted by Gasteiger charge is -2.23. The van der Waals surface area contributed by atoms with Crippen molar-refractivity contribution >= 4 is 39.1 Å². The number of sulfone groups is 1. The maximum atomic E-state index is 12.2. The summed E-state index contributed by atoms with van der Waals surface area (Å²) in [6.07, 6.45) is 0.423. The molecule has 1 fully saturated rings. The number of amides is 1. The van der Waals surface area contributed by atoms with E-state index in [1.165, 1.54) is 16.4 Å². The van der Waals surface area contributed by atoms with E-state index in [4.69, 9.17) is 11.6 Å². The van der Waals surface area contributed by atoms with Crippen molar-refractivity contribution in [2.45, 2.75) is 24.0 Å². The lowest BCUT2D eigenvalue weighted by atomic mass is 10.0. The summed E-state index contributed by atoms with van der Waals surface area (Å²) in [7, 11) is -3.08. The van der Waals surface area contributed by atoms with Crippen LogP contribution >= 0.6 is 23.4 Å². The van der Waals surface area contributed by atoms with Crippen molar-refractivity contribution in [3.8, 4) is 5.69 Å². The standard InChI is InChI=1S/C14H16ClN5O3S2/c1-14(5-6-25(22,23)9-14)16-12(21)8-24-13-17-18-19-20(13)11-4-2-3-10(15)7-11/h2-4,7H,5-6,8-9H2,1H3,(H,16,21)/t14-/m0/s1. The second kappa shape index (κ2) is 6.93. The quantitative estimate of drug-likeness (QED) is 0.747. The predicted octanol–water partition coefficient (Wildman–Crippen LogP) is 1.10. The molecule has 0 aliphatic carbocycles. The molecule has 1 atom stereocenters. The molecule has 0 unspecified atom stereocenters. The molecule has 25 heavy (non-hydrogen) atoms. The second-order valence-corrected chi connectivity index (χ2v) is 9.66. The zero-order valence-electron chi connectivity index (χ0n) is 13.3. The number of nitrogens with zero attached hydrogens (tertiary/aromatic N) is 4. The van der Waals surface area contributed by atoms with Gasteiger partial charge in [0.2, 0.25) is 11.1 Å². The number of carbonyl (C=O) groups is 1. The fraction of sp³-hybridized carbons (Fsp3) is 0.429. The van der Waals surface area contributed by atoms with E-state index in [1.54, 1.807) is 31.2 Å². The maximum Gasteiger partial charge on any atom is 0.230 e. The molecule has 1 amide bonds. The molecule has 8 nitrogen and oxygen atoms in total. The number of hydrogen-bond donors (Lipinski definition) is 1. The molecular formula is C14H16ClN5O3S2. The van der Waals surface area contributed by atoms with Crippen LogP contribution in [0.3, 0.4) is 0 Å². The summed E-state index contributed by atoms with van der Waals surface area (Å²) in [5, 5.41) is 15.3. The first-order chi connectivity index (χ1) is 11.8. The number of nitrogens with one attached hydrogen (secondary N) is 1. The number of rotatable bonds is 5. The van der Waals surface area contributed by atoms with Crippen LogP contribution in [-0.4, -0.2) is 57.3 Å². The van der Waals surface area contributed by atoms with Crippen molar-refractivity contribution in [2.75, 3.05) is 17.3 Å². The normalized spacial score (nSPS) is 22.0. The van der Waals surface area contributed by atoms with Crippen molar-refractivity contribution in [1.82, 2.24) is 25.5 Å². The first-order valence-corrected chi connectivity index (χ1v) is 10.6. The number of thioether (sulfide) groups is 1. The van der Waals surface area contributed by atoms with Gasteiger partial charge in [-0.25, -0.2) is 8.42 Å². The Balaban J connectivity index is 1.63. The van der Waals surface area contributed by atoms with Crippen molar-refractivity contribution in [2.24, 2.45) is 0 Å². The molecule has 2 aromatic rings. The van der Waals surface area contributed by atoms with Crippen LogP contribution in [0, 0.1) is 0 Å². The van der Waals surface area contributed by atoms with Crippen LogP contribution in [0.5, 0.6) is 0 Å². The number of hydrogen-bond acceptors (Lipinski definition) is 7. The molecular weight excluding hydrogens is 386 g/mol. The molecule has 134 valence electrons. The molecule has 1 aromatic heterocycles. The summed E-state index contributed by atoms with van der Waals surface area (Å²) in [6, 6.07) is 7.04. The van der Waals surface area contributed by atoms with E-state index in [1.807, 2.05) is 0 Å². The van der Waals surface area contributed by atoms with Crippen molar-refractivity contribution in [3.05, 3.63) is 29.3 Å². The fourth-order valence-corrected chi connectivity index (χ4v) is 5.62. The fourth-order valence-electron chi connectivity index (χ4n) is 2.65. The minimum atomic E-state index is -3.08. The molecule has 1 aliphatic rings. The Morgan fingerprint density at radius 1 is 1.48 bits per heavy atom. The number of carbonyl (C=O) groups excluding carboxylic acids is 1. The number of halogens is 1. The summed E-state index contributed by atoms with van der Waals surface area (Å²) < 4.78 is 24.7. The third kappa shape index (κ3) is 4.50. The van der Waals surface area contributed by atoms with Crippen molar-refractivity contribution in [1.29, 1.82) is 0 Å². The van der Waals surface area contributed by atoms with Gasteiger partial charge in [-0.3, -0.25) is 4.79 Å². The van der Waals surface area contributed by atoms with E-state index in [2.05, 4.69) is 20.8 Å². The van der Waals surface area contributed by atoms with E-state index in [-0.39, 0.29) is 23.2 Å². The molecule has 0 saturated carbocycles. The highest BCUT2D eigenvalue weighted by Gasteiger charge is 2.39. The van der Waals surface area contributed by atoms with E-state index in [0.29, 0.717) is 22.3 Å². The van der Waals surface area contributed by atoms with Crippen LogP contribution in [0.1, 0.15) is 13.3 Å². The van der Waals surface area contributed by atoms with Gasteiger partial charge in [0.15, 0.2) is 9.84 Å². The lowest BCUT2D eigenvalue weighted by molar-refractivity contribution is -0.120. The van der Waals surface area contributed by atoms with Gasteiger partial charge in [-0.2, -0.15) is 4.68 Å². The Labute approximate surface area is 154 Å². The van der Waals surface area contributed by atoms with Crippen molar-refractivity contribution < 1.29 is 13.2 Å². The topological polar surface area (TPSA) is 107 Å². The van der Waals surface area contributed by atoms with E-state index in [0.717, 1.165) is 0 Å². The van der Waals surface area contributed by atoms with Crippen molar-refractivity contribution in [3.63, 3.8) is 0 Å². The summed E-state index contributed by atoms with van der Waals surface area (Å²) in [6.45, 7) is 1.75. The third-order valence-corrected chi connectivity index (χ3v) is 6.83. The minimum absolute atomic E-state index is 0.0311. The SMILES string of the molecule is C[C@]1(NC(=O)CSc2nnnn2-c2cccc(Cl)c2)CCS(=O)(=O)C1. The Bertz CT molecular complexity index is 901. The van der Waals surface area contributed by atoms with Gasteiger partial charge in [-0.15, -0.1) is 5.10 Å². The predicted molar refractivity (Wildman–Crippen MR) is 94.7 cm³/mol. The number of aromatic nitrogens is 4. The Morgan fingerprint density at radius 2 is 2.28 bits per heavy atom. The first-order valence-electron chi connectivity index (χ1n) is 7.45. The largest absolute Gasteiger partial charge is 0.349 e. The van der Waals surface area contributed by atoms with Gasteiger partial charge in [0.05, 0.1) is 28.5 Å². The van der Waals surface area contributed by atoms with Gasteiger partial charge < -0.3 is 5.32 Å². The molecule has 0 radical (unpaired) electrons. The zero-order chi connectivity index (χ0) is 18.1. The lowest BCUT2D eigenvalue weighted by Crippen LogP contribution is -2.47. The Hall–Kier alpha value is -1.65. The van der Waals surface area contributed by atoms with Crippen LogP contribution < -0.4 is 5.32 Å². The van der Waals surface area contributed by atoms with Crippen LogP contribution in [-0.2, 0) is 14.6 Å². The van der Waals surface area contributed by atoms with E-state index >= 15 is 0 Å². The molecule has 1 N–H and O–H groups in total. The smallest absolute Gasteiger partial charge is 0.230 e. The van der Waals surface area contributed by atoms with Crippen LogP contribution in [0.25, 0.3) is 5.69 Å². The highest BCUT2D eigenvalue weighted by molar-refractivity contribution is 7.99. The monoisotopic (exact) mass is 401 g/mol. The molecule has 0 bridgehead atoms. The van der Waals surface area contributed by atoms with Gasteiger partial charge in [0.25, 0.3) is 0 Å². The molecule has 1 aliphatic heterocycles. The highest BCUT2D eigenvalue weighted by atomic mass is 35.5. The zero-order valence-corrected chi connectivity index (χ0v) is 15.7. The summed E-state index contributed by atoms with van der Waals surface area (Å²) >= 11 is 7.14. The summed E-state index contributed by atoms with van der Waals surface area (Å²) in [5.74, 6) is -0.109. The molecule has 1 saturated heterocycles.